The van der Waals surface area contributed by atoms with Gasteiger partial charge in [0.25, 0.3) is 0 Å². The minimum atomic E-state index is -0.521. The van der Waals surface area contributed by atoms with Crippen LogP contribution in [0.4, 0.5) is 4.79 Å². The number of amides is 1. The lowest BCUT2D eigenvalue weighted by atomic mass is 10.1. The second-order valence-corrected chi connectivity index (χ2v) is 4.78. The van der Waals surface area contributed by atoms with Gasteiger partial charge in [-0.25, -0.2) is 4.79 Å². The van der Waals surface area contributed by atoms with E-state index in [0.717, 1.165) is 18.7 Å². The molecule has 1 amide bonds. The van der Waals surface area contributed by atoms with Crippen molar-refractivity contribution in [3.05, 3.63) is 30.1 Å². The number of carbonyl (C=O) groups is 1. The van der Waals surface area contributed by atoms with E-state index in [9.17, 15) is 9.90 Å². The first-order valence-corrected chi connectivity index (χ1v) is 6.92. The summed E-state index contributed by atoms with van der Waals surface area (Å²) < 4.78 is 4.98. The Labute approximate surface area is 119 Å². The Morgan fingerprint density at radius 1 is 1.35 bits per heavy atom. The van der Waals surface area contributed by atoms with E-state index in [1.165, 1.54) is 0 Å². The van der Waals surface area contributed by atoms with E-state index in [-0.39, 0.29) is 6.09 Å². The number of pyridine rings is 1. The molecule has 1 atom stereocenters. The summed E-state index contributed by atoms with van der Waals surface area (Å²) >= 11 is 0. The Morgan fingerprint density at radius 2 is 2.00 bits per heavy atom. The van der Waals surface area contributed by atoms with Crippen molar-refractivity contribution in [2.75, 3.05) is 39.3 Å². The van der Waals surface area contributed by atoms with Crippen molar-refractivity contribution in [3.8, 4) is 0 Å². The van der Waals surface area contributed by atoms with E-state index in [4.69, 9.17) is 4.74 Å². The number of nitrogens with zero attached hydrogens (tertiary/aromatic N) is 3. The summed E-state index contributed by atoms with van der Waals surface area (Å²) in [5, 5.41) is 10.2. The number of carbonyl (C=O) groups excluding carboxylic acids is 1. The summed E-state index contributed by atoms with van der Waals surface area (Å²) in [4.78, 5) is 19.4. The van der Waals surface area contributed by atoms with Crippen LogP contribution in [0.15, 0.2) is 24.5 Å². The molecule has 1 aliphatic rings. The minimum Gasteiger partial charge on any atom is -0.450 e. The van der Waals surface area contributed by atoms with Gasteiger partial charge in [-0.2, -0.15) is 0 Å². The predicted octanol–water partition coefficient (Wildman–Crippen LogP) is 0.889. The average molecular weight is 279 g/mol. The first-order valence-electron chi connectivity index (χ1n) is 6.92. The molecule has 0 aliphatic carbocycles. The molecule has 1 unspecified atom stereocenters. The molecule has 2 heterocycles. The quantitative estimate of drug-likeness (QED) is 0.886. The van der Waals surface area contributed by atoms with Gasteiger partial charge in [0.2, 0.25) is 0 Å². The van der Waals surface area contributed by atoms with Crippen molar-refractivity contribution in [2.45, 2.75) is 13.0 Å². The Kier molecular flexibility index (Phi) is 5.31. The number of hydrogen-bond acceptors (Lipinski definition) is 5. The molecule has 1 fully saturated rings. The first-order chi connectivity index (χ1) is 9.70. The largest absolute Gasteiger partial charge is 0.450 e. The molecule has 1 aliphatic heterocycles. The number of piperazine rings is 1. The molecular formula is C14H21N3O3. The molecule has 0 aromatic carbocycles. The summed E-state index contributed by atoms with van der Waals surface area (Å²) in [7, 11) is 0. The van der Waals surface area contributed by atoms with Crippen LogP contribution in [0.1, 0.15) is 18.6 Å². The van der Waals surface area contributed by atoms with Gasteiger partial charge in [-0.05, 0) is 24.6 Å². The van der Waals surface area contributed by atoms with Crippen LogP contribution in [0.5, 0.6) is 0 Å². The summed E-state index contributed by atoms with van der Waals surface area (Å²) in [6, 6.07) is 3.64. The zero-order valence-electron chi connectivity index (χ0n) is 11.7. The number of aliphatic hydroxyl groups excluding tert-OH is 1. The highest BCUT2D eigenvalue weighted by molar-refractivity contribution is 5.67. The molecule has 1 N–H and O–H groups in total. The van der Waals surface area contributed by atoms with E-state index >= 15 is 0 Å². The maximum atomic E-state index is 11.6. The van der Waals surface area contributed by atoms with Gasteiger partial charge in [-0.1, -0.05) is 0 Å². The molecule has 0 spiro atoms. The van der Waals surface area contributed by atoms with Crippen LogP contribution in [0, 0.1) is 0 Å². The van der Waals surface area contributed by atoms with E-state index in [1.807, 2.05) is 12.1 Å². The van der Waals surface area contributed by atoms with Gasteiger partial charge in [0.05, 0.1) is 12.7 Å². The molecule has 0 bridgehead atoms. The van der Waals surface area contributed by atoms with E-state index in [1.54, 1.807) is 24.2 Å². The highest BCUT2D eigenvalue weighted by Gasteiger charge is 2.23. The molecule has 6 nitrogen and oxygen atoms in total. The molecule has 2 rings (SSSR count). The minimum absolute atomic E-state index is 0.248. The number of ether oxygens (including phenoxy) is 1. The number of aromatic nitrogens is 1. The van der Waals surface area contributed by atoms with Gasteiger partial charge in [-0.3, -0.25) is 9.88 Å². The van der Waals surface area contributed by atoms with Crippen molar-refractivity contribution in [1.29, 1.82) is 0 Å². The first kappa shape index (κ1) is 14.7. The molecule has 6 heteroatoms. The molecular weight excluding hydrogens is 258 g/mol. The molecule has 20 heavy (non-hydrogen) atoms. The van der Waals surface area contributed by atoms with Gasteiger partial charge in [0.1, 0.15) is 0 Å². The number of hydrogen-bond donors (Lipinski definition) is 1. The van der Waals surface area contributed by atoms with E-state index in [2.05, 4.69) is 9.88 Å². The fraction of sp³-hybridized carbons (Fsp3) is 0.571. The lowest BCUT2D eigenvalue weighted by molar-refractivity contribution is 0.0578. The normalized spacial score (nSPS) is 17.8. The second kappa shape index (κ2) is 7.21. The number of aliphatic hydroxyl groups is 1. The van der Waals surface area contributed by atoms with E-state index in [0.29, 0.717) is 26.2 Å². The molecule has 1 saturated heterocycles. The number of rotatable bonds is 4. The van der Waals surface area contributed by atoms with Crippen molar-refractivity contribution >= 4 is 6.09 Å². The highest BCUT2D eigenvalue weighted by Crippen LogP contribution is 2.14. The van der Waals surface area contributed by atoms with Crippen LogP contribution < -0.4 is 0 Å². The van der Waals surface area contributed by atoms with Crippen LogP contribution in [0.3, 0.4) is 0 Å². The van der Waals surface area contributed by atoms with Crippen molar-refractivity contribution in [2.24, 2.45) is 0 Å². The van der Waals surface area contributed by atoms with Gasteiger partial charge >= 0.3 is 6.09 Å². The highest BCUT2D eigenvalue weighted by atomic mass is 16.6. The summed E-state index contributed by atoms with van der Waals surface area (Å²) in [5.74, 6) is 0. The Balaban J connectivity index is 1.78. The Morgan fingerprint density at radius 3 is 2.60 bits per heavy atom. The monoisotopic (exact) mass is 279 g/mol. The molecule has 0 radical (unpaired) electrons. The van der Waals surface area contributed by atoms with Gasteiger partial charge in [0.15, 0.2) is 0 Å². The summed E-state index contributed by atoms with van der Waals surface area (Å²) in [5.41, 5.74) is 0.868. The summed E-state index contributed by atoms with van der Waals surface area (Å²) in [6.07, 6.45) is 2.59. The van der Waals surface area contributed by atoms with Crippen LogP contribution >= 0.6 is 0 Å². The van der Waals surface area contributed by atoms with Crippen LogP contribution in [-0.4, -0.2) is 65.3 Å². The topological polar surface area (TPSA) is 65.9 Å². The standard InChI is InChI=1S/C14H21N3O3/c1-2-20-14(19)17-9-7-16(8-10-17)11-13(18)12-3-5-15-6-4-12/h3-6,13,18H,2,7-11H2,1H3. The van der Waals surface area contributed by atoms with Crippen molar-refractivity contribution < 1.29 is 14.6 Å². The molecule has 110 valence electrons. The third-order valence-electron chi connectivity index (χ3n) is 3.42. The SMILES string of the molecule is CCOC(=O)N1CCN(CC(O)c2ccncc2)CC1. The Bertz CT molecular complexity index is 419. The van der Waals surface area contributed by atoms with Gasteiger partial charge < -0.3 is 14.7 Å². The maximum absolute atomic E-state index is 11.6. The second-order valence-electron chi connectivity index (χ2n) is 4.78. The van der Waals surface area contributed by atoms with Gasteiger partial charge in [-0.15, -0.1) is 0 Å². The van der Waals surface area contributed by atoms with Crippen LogP contribution in [0.2, 0.25) is 0 Å². The van der Waals surface area contributed by atoms with Crippen LogP contribution in [0.25, 0.3) is 0 Å². The molecule has 1 aromatic rings. The lowest BCUT2D eigenvalue weighted by Crippen LogP contribution is -2.49. The van der Waals surface area contributed by atoms with Crippen LogP contribution in [-0.2, 0) is 4.74 Å². The van der Waals surface area contributed by atoms with Gasteiger partial charge in [0, 0.05) is 45.1 Å². The average Bonchev–Trinajstić information content (AvgIpc) is 2.49. The third kappa shape index (κ3) is 3.91. The summed E-state index contributed by atoms with van der Waals surface area (Å²) in [6.45, 7) is 5.56. The van der Waals surface area contributed by atoms with Crippen molar-refractivity contribution in [3.63, 3.8) is 0 Å². The maximum Gasteiger partial charge on any atom is 0.409 e. The molecule has 1 aromatic heterocycles. The zero-order valence-corrected chi connectivity index (χ0v) is 11.7. The third-order valence-corrected chi connectivity index (χ3v) is 3.42. The van der Waals surface area contributed by atoms with Crippen molar-refractivity contribution in [1.82, 2.24) is 14.8 Å². The number of β-amino-alcohol motifs (C(OH)–C–C–N with tert-alkyl or cyclic N) is 1. The predicted molar refractivity (Wildman–Crippen MR) is 74.2 cm³/mol. The fourth-order valence-electron chi connectivity index (χ4n) is 2.26. The molecule has 0 saturated carbocycles. The smallest absolute Gasteiger partial charge is 0.409 e. The lowest BCUT2D eigenvalue weighted by Gasteiger charge is -2.34. The zero-order chi connectivity index (χ0) is 14.4. The fourth-order valence-corrected chi connectivity index (χ4v) is 2.26. The Hall–Kier alpha value is -1.66. The van der Waals surface area contributed by atoms with E-state index < -0.39 is 6.10 Å².